The first-order valence-corrected chi connectivity index (χ1v) is 24.2. The van der Waals surface area contributed by atoms with Gasteiger partial charge in [0.05, 0.1) is 0 Å². The Kier molecular flexibility index (Phi) is 8.89. The summed E-state index contributed by atoms with van der Waals surface area (Å²) in [6.45, 7) is 14.0. The summed E-state index contributed by atoms with van der Waals surface area (Å²) < 4.78 is 0. The van der Waals surface area contributed by atoms with Gasteiger partial charge in [-0.25, -0.2) is 0 Å². The molecule has 6 heteroatoms. The van der Waals surface area contributed by atoms with Crippen LogP contribution >= 0.6 is 0 Å². The first-order chi connectivity index (χ1) is 33.0. The molecule has 0 atom stereocenters. The summed E-state index contributed by atoms with van der Waals surface area (Å²) in [5, 5.41) is 0. The van der Waals surface area contributed by atoms with E-state index in [0.29, 0.717) is 0 Å². The smallest absolute Gasteiger partial charge is 0.252 e. The summed E-state index contributed by atoms with van der Waals surface area (Å²) in [5.74, 6) is 0. The third-order valence-electron chi connectivity index (χ3n) is 14.9. The zero-order valence-corrected chi connectivity index (χ0v) is 39.6. The third-order valence-corrected chi connectivity index (χ3v) is 14.9. The fraction of sp³-hybridized carbons (Fsp3) is 0.129. The summed E-state index contributed by atoms with van der Waals surface area (Å²) in [6, 6.07) is 77.6. The van der Waals surface area contributed by atoms with Crippen LogP contribution in [-0.2, 0) is 10.8 Å². The van der Waals surface area contributed by atoms with Crippen LogP contribution in [0, 0.1) is 0 Å². The molecule has 4 aliphatic heterocycles. The van der Waals surface area contributed by atoms with Crippen molar-refractivity contribution in [1.29, 1.82) is 0 Å². The Morgan fingerprint density at radius 3 is 0.824 bits per heavy atom. The molecule has 0 unspecified atom stereocenters. The second-order valence-electron chi connectivity index (χ2n) is 21.0. The fourth-order valence-electron chi connectivity index (χ4n) is 11.7. The molecule has 9 aromatic rings. The average Bonchev–Trinajstić information content (AvgIpc) is 3.36. The summed E-state index contributed by atoms with van der Waals surface area (Å²) in [7, 11) is 0. The summed E-state index contributed by atoms with van der Waals surface area (Å²) in [5.41, 5.74) is 24.7. The van der Waals surface area contributed by atoms with E-state index in [9.17, 15) is 0 Å². The molecule has 13 rings (SSSR count). The number of anilines is 12. The van der Waals surface area contributed by atoms with Gasteiger partial charge in [0.2, 0.25) is 0 Å². The molecule has 0 amide bonds. The lowest BCUT2D eigenvalue weighted by Crippen LogP contribution is -2.64. The zero-order valence-electron chi connectivity index (χ0n) is 39.6. The minimum absolute atomic E-state index is 0.0341. The first-order valence-electron chi connectivity index (χ1n) is 24.2. The molecule has 0 radical (unpaired) electrons. The van der Waals surface area contributed by atoms with Gasteiger partial charge < -0.3 is 19.6 Å². The van der Waals surface area contributed by atoms with E-state index in [1.54, 1.807) is 0 Å². The van der Waals surface area contributed by atoms with E-state index >= 15 is 0 Å². The lowest BCUT2D eigenvalue weighted by atomic mass is 9.31. The number of hydrogen-bond donors (Lipinski definition) is 0. The zero-order chi connectivity index (χ0) is 46.1. The van der Waals surface area contributed by atoms with Crippen molar-refractivity contribution in [3.8, 4) is 0 Å². The Hall–Kier alpha value is -7.69. The fourth-order valence-corrected chi connectivity index (χ4v) is 11.7. The highest BCUT2D eigenvalue weighted by Gasteiger charge is 2.48. The molecule has 0 aliphatic carbocycles. The maximum Gasteiger partial charge on any atom is 0.252 e. The lowest BCUT2D eigenvalue weighted by molar-refractivity contribution is 0.590. The second-order valence-corrected chi connectivity index (χ2v) is 21.0. The van der Waals surface area contributed by atoms with Crippen molar-refractivity contribution < 1.29 is 0 Å². The summed E-state index contributed by atoms with van der Waals surface area (Å²) in [6.07, 6.45) is 0. The van der Waals surface area contributed by atoms with Crippen molar-refractivity contribution in [1.82, 2.24) is 0 Å². The van der Waals surface area contributed by atoms with E-state index in [0.717, 1.165) is 22.7 Å². The van der Waals surface area contributed by atoms with Gasteiger partial charge >= 0.3 is 0 Å². The second kappa shape index (κ2) is 14.9. The Morgan fingerprint density at radius 2 is 0.529 bits per heavy atom. The Labute approximate surface area is 401 Å². The molecule has 0 N–H and O–H groups in total. The van der Waals surface area contributed by atoms with Crippen molar-refractivity contribution >= 4 is 114 Å². The van der Waals surface area contributed by atoms with Gasteiger partial charge in [0.25, 0.3) is 13.4 Å². The van der Waals surface area contributed by atoms with E-state index < -0.39 is 0 Å². The molecule has 9 aromatic carbocycles. The highest BCUT2D eigenvalue weighted by atomic mass is 15.2. The highest BCUT2D eigenvalue weighted by Crippen LogP contribution is 2.50. The number of benzene rings is 9. The normalized spacial score (nSPS) is 14.1. The average molecular weight is 875 g/mol. The number of fused-ring (bicyclic) bond motifs is 8. The summed E-state index contributed by atoms with van der Waals surface area (Å²) in [4.78, 5) is 10.2. The molecule has 4 nitrogen and oxygen atoms in total. The predicted octanol–water partition coefficient (Wildman–Crippen LogP) is 12.4. The van der Waals surface area contributed by atoms with E-state index in [-0.39, 0.29) is 24.3 Å². The van der Waals surface area contributed by atoms with Crippen LogP contribution in [0.2, 0.25) is 0 Å². The van der Waals surface area contributed by atoms with Gasteiger partial charge in [0, 0.05) is 68.2 Å². The maximum absolute atomic E-state index is 2.59. The summed E-state index contributed by atoms with van der Waals surface area (Å²) >= 11 is 0. The SMILES string of the molecule is CC(C)(C)c1cc2c3c(c1)N(c1ccccc1)c1cc4c(cc1B3c1ccccc1N2c1ccccc1)N(c1ccccc1)c1cc(C(C)(C)C)cc2c1B4c1ccccc1N2c1ccccc1. The van der Waals surface area contributed by atoms with Crippen LogP contribution in [-0.4, -0.2) is 13.4 Å². The predicted molar refractivity (Wildman–Crippen MR) is 292 cm³/mol. The Bertz CT molecular complexity index is 3220. The van der Waals surface area contributed by atoms with Gasteiger partial charge in [-0.15, -0.1) is 0 Å². The quantitative estimate of drug-likeness (QED) is 0.163. The maximum atomic E-state index is 2.59. The van der Waals surface area contributed by atoms with Crippen molar-refractivity contribution in [3.05, 3.63) is 217 Å². The molecule has 4 heterocycles. The van der Waals surface area contributed by atoms with E-state index in [1.807, 2.05) is 0 Å². The minimum atomic E-state index is -0.114. The number of rotatable bonds is 4. The number of para-hydroxylation sites is 6. The number of nitrogens with zero attached hydrogens (tertiary/aromatic N) is 4. The van der Waals surface area contributed by atoms with E-state index in [2.05, 4.69) is 267 Å². The monoisotopic (exact) mass is 874 g/mol. The molecule has 0 spiro atoms. The Balaban J connectivity index is 1.17. The largest absolute Gasteiger partial charge is 0.311 e. The lowest BCUT2D eigenvalue weighted by Gasteiger charge is -2.48. The molecule has 0 bridgehead atoms. The molecule has 326 valence electrons. The standard InChI is InChI=1S/C62H52B2N4/c1-61(2,3)41-35-55-59-57(37-41)67(45-27-15-9-16-28-45)53-39-50-54(40-49(53)63(59)47-31-19-21-33-51(47)65(55)43-23-11-7-12-24-43)68(46-29-17-10-18-30-46)58-38-42(62(4,5)6)36-56-60(58)64(50)48-32-20-22-34-52(48)66(56)44-25-13-8-14-26-44/h7-40H,1-6H3. The highest BCUT2D eigenvalue weighted by molar-refractivity contribution is 7.02. The van der Waals surface area contributed by atoms with Gasteiger partial charge in [-0.1, -0.05) is 151 Å². The molecular formula is C62H52B2N4. The van der Waals surface area contributed by atoms with Crippen molar-refractivity contribution in [2.45, 2.75) is 52.4 Å². The molecule has 68 heavy (non-hydrogen) atoms. The van der Waals surface area contributed by atoms with Gasteiger partial charge in [0.1, 0.15) is 0 Å². The van der Waals surface area contributed by atoms with Crippen molar-refractivity contribution in [2.24, 2.45) is 0 Å². The molecule has 0 saturated carbocycles. The van der Waals surface area contributed by atoms with Crippen LogP contribution in [0.1, 0.15) is 52.7 Å². The van der Waals surface area contributed by atoms with Crippen LogP contribution in [0.3, 0.4) is 0 Å². The van der Waals surface area contributed by atoms with E-state index in [4.69, 9.17) is 0 Å². The van der Waals surface area contributed by atoms with Crippen LogP contribution in [0.5, 0.6) is 0 Å². The molecule has 0 fully saturated rings. The molecule has 0 saturated heterocycles. The molecule has 4 aliphatic rings. The van der Waals surface area contributed by atoms with Crippen LogP contribution in [0.25, 0.3) is 0 Å². The molecule has 0 aromatic heterocycles. The van der Waals surface area contributed by atoms with Crippen molar-refractivity contribution in [2.75, 3.05) is 19.6 Å². The van der Waals surface area contributed by atoms with Gasteiger partial charge in [0.15, 0.2) is 0 Å². The van der Waals surface area contributed by atoms with Crippen molar-refractivity contribution in [3.63, 3.8) is 0 Å². The van der Waals surface area contributed by atoms with Crippen LogP contribution < -0.4 is 52.4 Å². The van der Waals surface area contributed by atoms with Crippen LogP contribution in [0.15, 0.2) is 206 Å². The van der Waals surface area contributed by atoms with Gasteiger partial charge in [-0.3, -0.25) is 0 Å². The topological polar surface area (TPSA) is 13.0 Å². The van der Waals surface area contributed by atoms with Gasteiger partial charge in [-0.2, -0.15) is 0 Å². The third kappa shape index (κ3) is 6.02. The first kappa shape index (κ1) is 40.6. The van der Waals surface area contributed by atoms with Gasteiger partial charge in [-0.05, 0) is 152 Å². The Morgan fingerprint density at radius 1 is 0.265 bits per heavy atom. The minimum Gasteiger partial charge on any atom is -0.311 e. The number of hydrogen-bond acceptors (Lipinski definition) is 4. The molecular weight excluding hydrogens is 822 g/mol. The van der Waals surface area contributed by atoms with Crippen LogP contribution in [0.4, 0.5) is 68.2 Å². The van der Waals surface area contributed by atoms with E-state index in [1.165, 1.54) is 89.4 Å².